The molecule has 1 fully saturated rings. The summed E-state index contributed by atoms with van der Waals surface area (Å²) in [5, 5.41) is 3.52. The fraction of sp³-hybridized carbons (Fsp3) is 0.571. The van der Waals surface area contributed by atoms with Crippen molar-refractivity contribution in [2.24, 2.45) is 0 Å². The molecule has 1 aromatic carbocycles. The van der Waals surface area contributed by atoms with Crippen molar-refractivity contribution in [3.05, 3.63) is 22.2 Å². The predicted molar refractivity (Wildman–Crippen MR) is 76.6 cm³/mol. The van der Waals surface area contributed by atoms with Crippen LogP contribution >= 0.6 is 15.9 Å². The molecule has 1 atom stereocenters. The average Bonchev–Trinajstić information content (AvgIpc) is 2.82. The first-order valence-electron chi connectivity index (χ1n) is 6.47. The molecule has 0 spiro atoms. The van der Waals surface area contributed by atoms with Crippen LogP contribution in [0, 0.1) is 0 Å². The van der Waals surface area contributed by atoms with Crippen LogP contribution in [-0.4, -0.2) is 26.3 Å². The fourth-order valence-electron chi connectivity index (χ4n) is 2.42. The van der Waals surface area contributed by atoms with E-state index < -0.39 is 0 Å². The number of benzene rings is 1. The summed E-state index contributed by atoms with van der Waals surface area (Å²) in [5.74, 6) is 1.60. The van der Waals surface area contributed by atoms with Crippen molar-refractivity contribution in [2.45, 2.75) is 32.2 Å². The van der Waals surface area contributed by atoms with E-state index in [4.69, 9.17) is 9.47 Å². The number of hydrogen-bond donors (Lipinski definition) is 1. The van der Waals surface area contributed by atoms with Gasteiger partial charge in [-0.05, 0) is 66.4 Å². The zero-order chi connectivity index (χ0) is 13.0. The SMILES string of the molecule is CCOc1cc(CC2CCCN2)cc(Br)c1OC. The number of nitrogens with one attached hydrogen (secondary N) is 1. The van der Waals surface area contributed by atoms with Gasteiger partial charge in [-0.25, -0.2) is 0 Å². The van der Waals surface area contributed by atoms with Gasteiger partial charge in [-0.15, -0.1) is 0 Å². The van der Waals surface area contributed by atoms with Crippen molar-refractivity contribution in [3.8, 4) is 11.5 Å². The Balaban J connectivity index is 2.19. The zero-order valence-corrected chi connectivity index (χ0v) is 12.5. The number of ether oxygens (including phenoxy) is 2. The molecule has 1 N–H and O–H groups in total. The van der Waals surface area contributed by atoms with Crippen LogP contribution in [0.2, 0.25) is 0 Å². The second kappa shape index (κ2) is 6.43. The molecule has 1 aliphatic rings. The molecule has 1 saturated heterocycles. The van der Waals surface area contributed by atoms with Crippen LogP contribution in [0.25, 0.3) is 0 Å². The lowest BCUT2D eigenvalue weighted by atomic mass is 10.0. The summed E-state index contributed by atoms with van der Waals surface area (Å²) in [6, 6.07) is 4.81. The van der Waals surface area contributed by atoms with Crippen LogP contribution in [-0.2, 0) is 6.42 Å². The van der Waals surface area contributed by atoms with Crippen molar-refractivity contribution >= 4 is 15.9 Å². The summed E-state index contributed by atoms with van der Waals surface area (Å²) in [6.45, 7) is 3.77. The molecule has 1 heterocycles. The second-order valence-electron chi connectivity index (χ2n) is 4.54. The Labute approximate surface area is 117 Å². The van der Waals surface area contributed by atoms with E-state index in [0.717, 1.165) is 28.9 Å². The monoisotopic (exact) mass is 313 g/mol. The first kappa shape index (κ1) is 13.7. The number of methoxy groups -OCH3 is 1. The van der Waals surface area contributed by atoms with E-state index in [1.165, 1.54) is 18.4 Å². The van der Waals surface area contributed by atoms with Crippen molar-refractivity contribution in [1.82, 2.24) is 5.32 Å². The lowest BCUT2D eigenvalue weighted by Gasteiger charge is -2.15. The third-order valence-electron chi connectivity index (χ3n) is 3.22. The molecule has 0 amide bonds. The molecule has 18 heavy (non-hydrogen) atoms. The molecular weight excluding hydrogens is 294 g/mol. The predicted octanol–water partition coefficient (Wildman–Crippen LogP) is 3.15. The smallest absolute Gasteiger partial charge is 0.174 e. The molecule has 1 aromatic rings. The van der Waals surface area contributed by atoms with E-state index >= 15 is 0 Å². The van der Waals surface area contributed by atoms with Crippen molar-refractivity contribution in [3.63, 3.8) is 0 Å². The van der Waals surface area contributed by atoms with Gasteiger partial charge in [0.05, 0.1) is 18.2 Å². The molecule has 0 saturated carbocycles. The largest absolute Gasteiger partial charge is 0.492 e. The lowest BCUT2D eigenvalue weighted by molar-refractivity contribution is 0.309. The highest BCUT2D eigenvalue weighted by Gasteiger charge is 2.17. The Hall–Kier alpha value is -0.740. The molecule has 3 nitrogen and oxygen atoms in total. The molecule has 0 radical (unpaired) electrons. The first-order valence-corrected chi connectivity index (χ1v) is 7.26. The quantitative estimate of drug-likeness (QED) is 0.906. The maximum Gasteiger partial charge on any atom is 0.174 e. The van der Waals surface area contributed by atoms with Crippen LogP contribution in [0.5, 0.6) is 11.5 Å². The third-order valence-corrected chi connectivity index (χ3v) is 3.81. The van der Waals surface area contributed by atoms with Gasteiger partial charge >= 0.3 is 0 Å². The van der Waals surface area contributed by atoms with Crippen LogP contribution in [0.1, 0.15) is 25.3 Å². The van der Waals surface area contributed by atoms with Gasteiger partial charge in [0.1, 0.15) is 0 Å². The lowest BCUT2D eigenvalue weighted by Crippen LogP contribution is -2.23. The molecule has 0 aromatic heterocycles. The van der Waals surface area contributed by atoms with Crippen LogP contribution in [0.4, 0.5) is 0 Å². The van der Waals surface area contributed by atoms with Crippen molar-refractivity contribution in [1.29, 1.82) is 0 Å². The van der Waals surface area contributed by atoms with E-state index in [9.17, 15) is 0 Å². The topological polar surface area (TPSA) is 30.5 Å². The molecule has 1 unspecified atom stereocenters. The highest BCUT2D eigenvalue weighted by molar-refractivity contribution is 9.10. The van der Waals surface area contributed by atoms with E-state index in [0.29, 0.717) is 12.6 Å². The summed E-state index contributed by atoms with van der Waals surface area (Å²) in [4.78, 5) is 0. The molecule has 1 aliphatic heterocycles. The van der Waals surface area contributed by atoms with Gasteiger partial charge in [-0.1, -0.05) is 0 Å². The van der Waals surface area contributed by atoms with E-state index in [1.807, 2.05) is 6.92 Å². The molecule has 0 aliphatic carbocycles. The standard InChI is InChI=1S/C14H20BrNO2/c1-3-18-13-9-10(7-11-5-4-6-16-11)8-12(15)14(13)17-2/h8-9,11,16H,3-7H2,1-2H3. The Kier molecular flexibility index (Phi) is 4.89. The summed E-state index contributed by atoms with van der Waals surface area (Å²) < 4.78 is 12.0. The Morgan fingerprint density at radius 2 is 2.28 bits per heavy atom. The van der Waals surface area contributed by atoms with Gasteiger partial charge in [0.15, 0.2) is 11.5 Å². The summed E-state index contributed by atoms with van der Waals surface area (Å²) in [5.41, 5.74) is 1.28. The van der Waals surface area contributed by atoms with Crippen molar-refractivity contribution in [2.75, 3.05) is 20.3 Å². The normalized spacial score (nSPS) is 18.9. The number of halogens is 1. The van der Waals surface area contributed by atoms with Crippen molar-refractivity contribution < 1.29 is 9.47 Å². The maximum atomic E-state index is 5.64. The molecule has 4 heteroatoms. The number of rotatable bonds is 5. The van der Waals surface area contributed by atoms with Gasteiger partial charge in [0.25, 0.3) is 0 Å². The first-order chi connectivity index (χ1) is 8.74. The molecule has 100 valence electrons. The number of hydrogen-bond acceptors (Lipinski definition) is 3. The summed E-state index contributed by atoms with van der Waals surface area (Å²) >= 11 is 3.55. The minimum Gasteiger partial charge on any atom is -0.492 e. The fourth-order valence-corrected chi connectivity index (χ4v) is 3.07. The minimum absolute atomic E-state index is 0.597. The highest BCUT2D eigenvalue weighted by atomic mass is 79.9. The Morgan fingerprint density at radius 1 is 1.44 bits per heavy atom. The Bertz CT molecular complexity index is 403. The zero-order valence-electron chi connectivity index (χ0n) is 11.0. The molecule has 0 bridgehead atoms. The van der Waals surface area contributed by atoms with E-state index in [1.54, 1.807) is 7.11 Å². The molecule has 2 rings (SSSR count). The third kappa shape index (κ3) is 3.18. The average molecular weight is 314 g/mol. The summed E-state index contributed by atoms with van der Waals surface area (Å²) in [6.07, 6.45) is 3.58. The highest BCUT2D eigenvalue weighted by Crippen LogP contribution is 2.37. The van der Waals surface area contributed by atoms with E-state index in [2.05, 4.69) is 33.4 Å². The van der Waals surface area contributed by atoms with Gasteiger partial charge < -0.3 is 14.8 Å². The summed E-state index contributed by atoms with van der Waals surface area (Å²) in [7, 11) is 1.67. The van der Waals surface area contributed by atoms with Gasteiger partial charge in [-0.2, -0.15) is 0 Å². The van der Waals surface area contributed by atoms with Crippen LogP contribution < -0.4 is 14.8 Å². The second-order valence-corrected chi connectivity index (χ2v) is 5.39. The molecular formula is C14H20BrNO2. The van der Waals surface area contributed by atoms with Gasteiger partial charge in [0, 0.05) is 6.04 Å². The van der Waals surface area contributed by atoms with Gasteiger partial charge in [0.2, 0.25) is 0 Å². The maximum absolute atomic E-state index is 5.64. The van der Waals surface area contributed by atoms with Crippen LogP contribution in [0.15, 0.2) is 16.6 Å². The van der Waals surface area contributed by atoms with Crippen LogP contribution in [0.3, 0.4) is 0 Å². The van der Waals surface area contributed by atoms with Gasteiger partial charge in [-0.3, -0.25) is 0 Å². The Morgan fingerprint density at radius 3 is 2.89 bits per heavy atom. The minimum atomic E-state index is 0.597. The van der Waals surface area contributed by atoms with E-state index in [-0.39, 0.29) is 0 Å².